The molecule has 4 atom stereocenters. The molecule has 0 spiro atoms. The van der Waals surface area contributed by atoms with Crippen LogP contribution in [0.15, 0.2) is 0 Å². The van der Waals surface area contributed by atoms with Crippen molar-refractivity contribution in [1.82, 2.24) is 10.2 Å². The number of nitrogens with zero attached hydrogens (tertiary/aromatic N) is 1. The molecule has 0 aromatic carbocycles. The van der Waals surface area contributed by atoms with Gasteiger partial charge in [-0.15, -0.1) is 0 Å². The lowest BCUT2D eigenvalue weighted by Crippen LogP contribution is -2.52. The van der Waals surface area contributed by atoms with Crippen molar-refractivity contribution in [2.24, 2.45) is 17.8 Å². The number of fused-ring (bicyclic) bond motifs is 2. The van der Waals surface area contributed by atoms with E-state index in [4.69, 9.17) is 5.11 Å². The molecule has 4 rings (SSSR count). The van der Waals surface area contributed by atoms with Crippen LogP contribution in [0.4, 0.5) is 0 Å². The van der Waals surface area contributed by atoms with Crippen LogP contribution in [-0.4, -0.2) is 48.2 Å². The summed E-state index contributed by atoms with van der Waals surface area (Å²) in [6, 6.07) is 0.414. The van der Waals surface area contributed by atoms with Crippen LogP contribution in [0.25, 0.3) is 0 Å². The van der Waals surface area contributed by atoms with Crippen molar-refractivity contribution in [2.75, 3.05) is 20.1 Å². The van der Waals surface area contributed by atoms with Crippen LogP contribution in [-0.2, 0) is 4.79 Å². The summed E-state index contributed by atoms with van der Waals surface area (Å²) >= 11 is 0. The Morgan fingerprint density at radius 3 is 2.67 bits per heavy atom. The second kappa shape index (κ2) is 4.82. The Kier molecular flexibility index (Phi) is 3.32. The van der Waals surface area contributed by atoms with Crippen molar-refractivity contribution >= 4 is 5.97 Å². The number of aliphatic carboxylic acids is 1. The first-order valence-electron chi connectivity index (χ1n) is 7.33. The molecule has 3 saturated heterocycles. The van der Waals surface area contributed by atoms with Gasteiger partial charge in [-0.05, 0) is 70.0 Å². The molecule has 4 unspecified atom stereocenters. The van der Waals surface area contributed by atoms with Crippen molar-refractivity contribution < 1.29 is 9.90 Å². The number of piperidine rings is 3. The number of hydrogen-bond acceptors (Lipinski definition) is 3. The van der Waals surface area contributed by atoms with E-state index >= 15 is 0 Å². The standard InChI is InChI=1S/C14H24N2O2/c1-15-12(14(17)18)7-9-6-11-10-2-4-16(5-3-10)13(11)8-9/h9-13,15H,2-8H2,1H3,(H,17,18). The minimum absolute atomic E-state index is 0.359. The Morgan fingerprint density at radius 1 is 1.39 bits per heavy atom. The molecular weight excluding hydrogens is 228 g/mol. The van der Waals surface area contributed by atoms with E-state index < -0.39 is 5.97 Å². The molecule has 3 aliphatic heterocycles. The van der Waals surface area contributed by atoms with Gasteiger partial charge in [-0.25, -0.2) is 0 Å². The monoisotopic (exact) mass is 252 g/mol. The van der Waals surface area contributed by atoms with E-state index in [0.717, 1.165) is 24.3 Å². The van der Waals surface area contributed by atoms with E-state index in [2.05, 4.69) is 10.2 Å². The van der Waals surface area contributed by atoms with Gasteiger partial charge in [0.1, 0.15) is 6.04 Å². The van der Waals surface area contributed by atoms with Crippen LogP contribution in [0, 0.1) is 17.8 Å². The Hall–Kier alpha value is -0.610. The molecular formula is C14H24N2O2. The molecule has 0 aromatic heterocycles. The quantitative estimate of drug-likeness (QED) is 0.788. The van der Waals surface area contributed by atoms with Gasteiger partial charge in [-0.1, -0.05) is 0 Å². The number of carboxylic acid groups (broad SMARTS) is 1. The number of carboxylic acids is 1. The van der Waals surface area contributed by atoms with Gasteiger partial charge in [0.05, 0.1) is 0 Å². The first-order valence-corrected chi connectivity index (χ1v) is 7.33. The zero-order valence-electron chi connectivity index (χ0n) is 11.1. The van der Waals surface area contributed by atoms with Crippen molar-refractivity contribution in [3.8, 4) is 0 Å². The zero-order chi connectivity index (χ0) is 12.7. The van der Waals surface area contributed by atoms with E-state index in [9.17, 15) is 4.79 Å². The smallest absolute Gasteiger partial charge is 0.320 e. The number of hydrogen-bond donors (Lipinski definition) is 2. The lowest BCUT2D eigenvalue weighted by atomic mass is 9.75. The van der Waals surface area contributed by atoms with Gasteiger partial charge in [0.15, 0.2) is 0 Å². The molecule has 4 fully saturated rings. The van der Waals surface area contributed by atoms with E-state index in [0.29, 0.717) is 5.92 Å². The number of carbonyl (C=O) groups is 1. The Morgan fingerprint density at radius 2 is 2.11 bits per heavy atom. The highest BCUT2D eigenvalue weighted by atomic mass is 16.4. The van der Waals surface area contributed by atoms with Gasteiger partial charge < -0.3 is 15.3 Å². The molecule has 3 heterocycles. The minimum atomic E-state index is -0.698. The Bertz CT molecular complexity index is 306. The van der Waals surface area contributed by atoms with Crippen LogP contribution in [0.2, 0.25) is 0 Å². The van der Waals surface area contributed by atoms with Crippen molar-refractivity contribution in [3.05, 3.63) is 0 Å². The van der Waals surface area contributed by atoms with Crippen molar-refractivity contribution in [1.29, 1.82) is 0 Å². The number of rotatable bonds is 4. The van der Waals surface area contributed by atoms with E-state index in [1.54, 1.807) is 7.05 Å². The van der Waals surface area contributed by atoms with E-state index in [1.807, 2.05) is 0 Å². The van der Waals surface area contributed by atoms with Crippen LogP contribution in [0.3, 0.4) is 0 Å². The zero-order valence-corrected chi connectivity index (χ0v) is 11.1. The third-order valence-electron chi connectivity index (χ3n) is 5.54. The van der Waals surface area contributed by atoms with Gasteiger partial charge in [0.2, 0.25) is 0 Å². The molecule has 102 valence electrons. The average molecular weight is 252 g/mol. The molecule has 0 amide bonds. The molecule has 4 heteroatoms. The number of likely N-dealkylation sites (N-methyl/N-ethyl adjacent to an activating group) is 1. The van der Waals surface area contributed by atoms with Crippen LogP contribution in [0.1, 0.15) is 32.1 Å². The fourth-order valence-corrected chi connectivity index (χ4v) is 4.63. The molecule has 0 radical (unpaired) electrons. The summed E-state index contributed by atoms with van der Waals surface area (Å²) in [7, 11) is 1.76. The second-order valence-electron chi connectivity index (χ2n) is 6.36. The topological polar surface area (TPSA) is 52.6 Å². The molecule has 1 saturated carbocycles. The molecule has 1 aliphatic carbocycles. The third-order valence-corrected chi connectivity index (χ3v) is 5.54. The molecule has 4 nitrogen and oxygen atoms in total. The fourth-order valence-electron chi connectivity index (χ4n) is 4.63. The van der Waals surface area contributed by atoms with Gasteiger partial charge >= 0.3 is 5.97 Å². The van der Waals surface area contributed by atoms with Gasteiger partial charge in [-0.3, -0.25) is 4.79 Å². The van der Waals surface area contributed by atoms with E-state index in [1.165, 1.54) is 38.8 Å². The highest BCUT2D eigenvalue weighted by molar-refractivity contribution is 5.73. The maximum atomic E-state index is 11.1. The SMILES string of the molecule is CNC(CC1CC2C3CCN(CC3)C2C1)C(=O)O. The minimum Gasteiger partial charge on any atom is -0.480 e. The van der Waals surface area contributed by atoms with Crippen molar-refractivity contribution in [3.63, 3.8) is 0 Å². The average Bonchev–Trinajstić information content (AvgIpc) is 2.82. The first kappa shape index (κ1) is 12.4. The summed E-state index contributed by atoms with van der Waals surface area (Å²) < 4.78 is 0. The van der Waals surface area contributed by atoms with Crippen LogP contribution < -0.4 is 5.32 Å². The maximum Gasteiger partial charge on any atom is 0.320 e. The predicted molar refractivity (Wildman–Crippen MR) is 69.4 cm³/mol. The molecule has 2 bridgehead atoms. The summed E-state index contributed by atoms with van der Waals surface area (Å²) in [4.78, 5) is 13.8. The lowest BCUT2D eigenvalue weighted by Gasteiger charge is -2.48. The third kappa shape index (κ3) is 2.05. The van der Waals surface area contributed by atoms with Crippen LogP contribution in [0.5, 0.6) is 0 Å². The number of nitrogens with one attached hydrogen (secondary N) is 1. The van der Waals surface area contributed by atoms with Gasteiger partial charge in [-0.2, -0.15) is 0 Å². The summed E-state index contributed by atoms with van der Waals surface area (Å²) in [6.07, 6.45) is 6.05. The Labute approximate surface area is 109 Å². The summed E-state index contributed by atoms with van der Waals surface area (Å²) in [6.45, 7) is 2.57. The lowest BCUT2D eigenvalue weighted by molar-refractivity contribution is -0.139. The first-order chi connectivity index (χ1) is 8.69. The summed E-state index contributed by atoms with van der Waals surface area (Å²) in [5, 5.41) is 12.1. The molecule has 0 aromatic rings. The van der Waals surface area contributed by atoms with Crippen molar-refractivity contribution in [2.45, 2.75) is 44.2 Å². The predicted octanol–water partition coefficient (Wildman–Crippen LogP) is 1.17. The highest BCUT2D eigenvalue weighted by Crippen LogP contribution is 2.48. The molecule has 4 aliphatic rings. The fraction of sp³-hybridized carbons (Fsp3) is 0.929. The van der Waals surface area contributed by atoms with Crippen LogP contribution >= 0.6 is 0 Å². The molecule has 2 N–H and O–H groups in total. The normalized spacial score (nSPS) is 43.7. The second-order valence-corrected chi connectivity index (χ2v) is 6.36. The maximum absolute atomic E-state index is 11.1. The molecule has 18 heavy (non-hydrogen) atoms. The van der Waals surface area contributed by atoms with E-state index in [-0.39, 0.29) is 6.04 Å². The summed E-state index contributed by atoms with van der Waals surface area (Å²) in [5.41, 5.74) is 0. The largest absolute Gasteiger partial charge is 0.480 e. The Balaban J connectivity index is 1.63. The van der Waals surface area contributed by atoms with Gasteiger partial charge in [0, 0.05) is 6.04 Å². The highest BCUT2D eigenvalue weighted by Gasteiger charge is 2.47. The van der Waals surface area contributed by atoms with Gasteiger partial charge in [0.25, 0.3) is 0 Å². The summed E-state index contributed by atoms with van der Waals surface area (Å²) in [5.74, 6) is 1.71.